The van der Waals surface area contributed by atoms with Crippen LogP contribution in [0.2, 0.25) is 10.0 Å². The highest BCUT2D eigenvalue weighted by atomic mass is 35.5. The van der Waals surface area contributed by atoms with Crippen molar-refractivity contribution in [2.75, 3.05) is 0 Å². The highest BCUT2D eigenvalue weighted by Crippen LogP contribution is 2.37. The fourth-order valence-electron chi connectivity index (χ4n) is 0.998. The van der Waals surface area contributed by atoms with E-state index in [1.807, 2.05) is 13.8 Å². The first-order chi connectivity index (χ1) is 7.24. The van der Waals surface area contributed by atoms with Gasteiger partial charge in [-0.25, -0.2) is 0 Å². The topological polar surface area (TPSA) is 29.5 Å². The van der Waals surface area contributed by atoms with Gasteiger partial charge in [-0.1, -0.05) is 37.0 Å². The monoisotopic (exact) mass is 262 g/mol. The Balaban J connectivity index is 3.02. The van der Waals surface area contributed by atoms with Crippen molar-refractivity contribution in [1.29, 1.82) is 0 Å². The number of phenols is 1. The average molecular weight is 263 g/mol. The van der Waals surface area contributed by atoms with Crippen LogP contribution in [0.1, 0.15) is 27.7 Å². The Morgan fingerprint density at radius 1 is 1.19 bits per heavy atom. The average Bonchev–Trinajstić information content (AvgIpc) is 2.13. The molecule has 0 aliphatic carbocycles. The second kappa shape index (κ2) is 4.72. The van der Waals surface area contributed by atoms with E-state index >= 15 is 0 Å². The lowest BCUT2D eigenvalue weighted by Gasteiger charge is -2.31. The summed E-state index contributed by atoms with van der Waals surface area (Å²) in [5.74, 6) is 0.778. The Morgan fingerprint density at radius 2 is 1.75 bits per heavy atom. The van der Waals surface area contributed by atoms with Crippen LogP contribution in [0.5, 0.6) is 11.5 Å². The number of halogens is 2. The highest BCUT2D eigenvalue weighted by Gasteiger charge is 2.25. The van der Waals surface area contributed by atoms with Crippen molar-refractivity contribution in [2.45, 2.75) is 33.3 Å². The predicted octanol–water partition coefficient (Wildman–Crippen LogP) is 4.51. The van der Waals surface area contributed by atoms with Crippen LogP contribution >= 0.6 is 23.2 Å². The van der Waals surface area contributed by atoms with Gasteiger partial charge in [-0.05, 0) is 19.8 Å². The van der Waals surface area contributed by atoms with Crippen LogP contribution < -0.4 is 4.74 Å². The van der Waals surface area contributed by atoms with Gasteiger partial charge in [-0.15, -0.1) is 0 Å². The summed E-state index contributed by atoms with van der Waals surface area (Å²) in [7, 11) is 0. The zero-order valence-electron chi connectivity index (χ0n) is 9.84. The molecule has 1 aromatic rings. The maximum Gasteiger partial charge on any atom is 0.140 e. The van der Waals surface area contributed by atoms with Gasteiger partial charge >= 0.3 is 0 Å². The van der Waals surface area contributed by atoms with Gasteiger partial charge in [0.05, 0.1) is 10.0 Å². The minimum absolute atomic E-state index is 0.0404. The van der Waals surface area contributed by atoms with Crippen LogP contribution in [-0.2, 0) is 0 Å². The van der Waals surface area contributed by atoms with Crippen LogP contribution in [0.3, 0.4) is 0 Å². The predicted molar refractivity (Wildman–Crippen MR) is 67.7 cm³/mol. The zero-order chi connectivity index (χ0) is 12.5. The lowest BCUT2D eigenvalue weighted by molar-refractivity contribution is 0.0600. The molecule has 0 radical (unpaired) electrons. The van der Waals surface area contributed by atoms with E-state index in [9.17, 15) is 5.11 Å². The molecule has 0 heterocycles. The third-order valence-electron chi connectivity index (χ3n) is 2.76. The SMILES string of the molecule is CC(C)C(C)(C)Oc1cc(Cl)c(O)cc1Cl. The molecule has 4 heteroatoms. The van der Waals surface area contributed by atoms with Crippen molar-refractivity contribution in [3.05, 3.63) is 22.2 Å². The summed E-state index contributed by atoms with van der Waals surface area (Å²) in [6.45, 7) is 8.09. The van der Waals surface area contributed by atoms with Crippen molar-refractivity contribution in [3.63, 3.8) is 0 Å². The van der Waals surface area contributed by atoms with Crippen molar-refractivity contribution < 1.29 is 9.84 Å². The molecule has 1 N–H and O–H groups in total. The molecule has 0 saturated carbocycles. The molecule has 90 valence electrons. The van der Waals surface area contributed by atoms with Crippen molar-refractivity contribution >= 4 is 23.2 Å². The normalized spacial score (nSPS) is 11.9. The molecule has 1 aromatic carbocycles. The molecule has 0 spiro atoms. The first kappa shape index (κ1) is 13.5. The molecule has 0 fully saturated rings. The van der Waals surface area contributed by atoms with Gasteiger partial charge in [0, 0.05) is 12.1 Å². The Morgan fingerprint density at radius 3 is 2.25 bits per heavy atom. The van der Waals surface area contributed by atoms with Crippen LogP contribution in [-0.4, -0.2) is 10.7 Å². The first-order valence-electron chi connectivity index (χ1n) is 5.11. The van der Waals surface area contributed by atoms with E-state index in [-0.39, 0.29) is 16.4 Å². The number of hydrogen-bond donors (Lipinski definition) is 1. The van der Waals surface area contributed by atoms with E-state index in [1.165, 1.54) is 12.1 Å². The summed E-state index contributed by atoms with van der Waals surface area (Å²) < 4.78 is 5.80. The van der Waals surface area contributed by atoms with E-state index in [1.54, 1.807) is 0 Å². The molecule has 0 aromatic heterocycles. The molecule has 0 saturated heterocycles. The van der Waals surface area contributed by atoms with Crippen LogP contribution in [0.4, 0.5) is 0 Å². The molecule has 0 amide bonds. The zero-order valence-corrected chi connectivity index (χ0v) is 11.4. The first-order valence-corrected chi connectivity index (χ1v) is 5.86. The maximum atomic E-state index is 9.36. The summed E-state index contributed by atoms with van der Waals surface area (Å²) in [4.78, 5) is 0. The van der Waals surface area contributed by atoms with E-state index in [0.29, 0.717) is 16.7 Å². The molecule has 16 heavy (non-hydrogen) atoms. The highest BCUT2D eigenvalue weighted by molar-refractivity contribution is 6.35. The number of aromatic hydroxyl groups is 1. The Labute approximate surface area is 106 Å². The van der Waals surface area contributed by atoms with Gasteiger partial charge in [0.1, 0.15) is 17.1 Å². The second-order valence-electron chi connectivity index (χ2n) is 4.59. The van der Waals surface area contributed by atoms with Crippen molar-refractivity contribution in [1.82, 2.24) is 0 Å². The number of rotatable bonds is 3. The summed E-state index contributed by atoms with van der Waals surface area (Å²) in [5, 5.41) is 9.95. The van der Waals surface area contributed by atoms with Gasteiger partial charge in [0.2, 0.25) is 0 Å². The molecule has 0 unspecified atom stereocenters. The van der Waals surface area contributed by atoms with E-state index in [0.717, 1.165) is 0 Å². The number of ether oxygens (including phenoxy) is 1. The Bertz CT molecular complexity index is 387. The molecule has 0 aliphatic rings. The third kappa shape index (κ3) is 2.96. The van der Waals surface area contributed by atoms with E-state index in [2.05, 4.69) is 13.8 Å². The fourth-order valence-corrected chi connectivity index (χ4v) is 1.35. The Kier molecular flexibility index (Phi) is 3.97. The Hall–Kier alpha value is -0.600. The molecular weight excluding hydrogens is 247 g/mol. The second-order valence-corrected chi connectivity index (χ2v) is 5.41. The molecule has 1 rings (SSSR count). The van der Waals surface area contributed by atoms with Gasteiger partial charge < -0.3 is 9.84 Å². The summed E-state index contributed by atoms with van der Waals surface area (Å²) in [5.41, 5.74) is -0.343. The smallest absolute Gasteiger partial charge is 0.140 e. The minimum Gasteiger partial charge on any atom is -0.506 e. The van der Waals surface area contributed by atoms with Crippen LogP contribution in [0.25, 0.3) is 0 Å². The van der Waals surface area contributed by atoms with Crippen LogP contribution in [0, 0.1) is 5.92 Å². The molecule has 0 atom stereocenters. The molecule has 2 nitrogen and oxygen atoms in total. The number of phenolic OH excluding ortho intramolecular Hbond substituents is 1. The molecule has 0 aliphatic heterocycles. The van der Waals surface area contributed by atoms with Gasteiger partial charge in [0.15, 0.2) is 0 Å². The summed E-state index contributed by atoms with van der Waals surface area (Å²) in [6.07, 6.45) is 0. The summed E-state index contributed by atoms with van der Waals surface area (Å²) >= 11 is 11.8. The van der Waals surface area contributed by atoms with Crippen LogP contribution in [0.15, 0.2) is 12.1 Å². The standard InChI is InChI=1S/C12H16Cl2O2/c1-7(2)12(3,4)16-11-6-8(13)10(15)5-9(11)14/h5-7,15H,1-4H3. The van der Waals surface area contributed by atoms with Gasteiger partial charge in [-0.3, -0.25) is 0 Å². The largest absolute Gasteiger partial charge is 0.506 e. The third-order valence-corrected chi connectivity index (χ3v) is 3.36. The molecule has 0 bridgehead atoms. The van der Waals surface area contributed by atoms with E-state index in [4.69, 9.17) is 27.9 Å². The maximum absolute atomic E-state index is 9.36. The van der Waals surface area contributed by atoms with Gasteiger partial charge in [0.25, 0.3) is 0 Å². The fraction of sp³-hybridized carbons (Fsp3) is 0.500. The number of hydrogen-bond acceptors (Lipinski definition) is 2. The van der Waals surface area contributed by atoms with E-state index < -0.39 is 0 Å². The van der Waals surface area contributed by atoms with Crippen molar-refractivity contribution in [2.24, 2.45) is 5.92 Å². The summed E-state index contributed by atoms with van der Waals surface area (Å²) in [6, 6.07) is 2.92. The quantitative estimate of drug-likeness (QED) is 0.869. The molecular formula is C12H16Cl2O2. The number of benzene rings is 1. The lowest BCUT2D eigenvalue weighted by atomic mass is 9.94. The van der Waals surface area contributed by atoms with Crippen molar-refractivity contribution in [3.8, 4) is 11.5 Å². The lowest BCUT2D eigenvalue weighted by Crippen LogP contribution is -2.34. The minimum atomic E-state index is -0.343. The van der Waals surface area contributed by atoms with Gasteiger partial charge in [-0.2, -0.15) is 0 Å².